The minimum Gasteiger partial charge on any atom is -0.373 e. The number of carbonyl (C=O) groups excluding carboxylic acids is 1. The van der Waals surface area contributed by atoms with Crippen LogP contribution in [0.25, 0.3) is 10.9 Å². The molecule has 0 saturated carbocycles. The summed E-state index contributed by atoms with van der Waals surface area (Å²) in [4.78, 5) is 18.6. The van der Waals surface area contributed by atoms with Gasteiger partial charge in [-0.15, -0.1) is 0 Å². The Morgan fingerprint density at radius 1 is 1.48 bits per heavy atom. The first-order valence-electron chi connectivity index (χ1n) is 7.41. The van der Waals surface area contributed by atoms with E-state index in [-0.39, 0.29) is 12.0 Å². The number of H-pyrrole nitrogens is 1. The summed E-state index contributed by atoms with van der Waals surface area (Å²) in [5.74, 6) is -0.0582. The lowest BCUT2D eigenvalue weighted by atomic mass is 10.2. The first kappa shape index (κ1) is 14.0. The quantitative estimate of drug-likeness (QED) is 0.934. The van der Waals surface area contributed by atoms with Crippen molar-refractivity contribution in [3.63, 3.8) is 0 Å². The second-order valence-electron chi connectivity index (χ2n) is 5.52. The number of aromatic nitrogens is 3. The summed E-state index contributed by atoms with van der Waals surface area (Å²) in [5.41, 5.74) is 1.27. The Balaban J connectivity index is 1.74. The normalized spacial score (nSPS) is 21.8. The van der Waals surface area contributed by atoms with E-state index in [4.69, 9.17) is 4.74 Å². The van der Waals surface area contributed by atoms with Gasteiger partial charge in [0, 0.05) is 24.7 Å². The third-order valence-electron chi connectivity index (χ3n) is 3.96. The minimum atomic E-state index is -0.0582. The van der Waals surface area contributed by atoms with E-state index in [1.54, 1.807) is 23.4 Å². The van der Waals surface area contributed by atoms with E-state index < -0.39 is 0 Å². The molecule has 0 aromatic carbocycles. The van der Waals surface area contributed by atoms with Crippen LogP contribution in [-0.2, 0) is 4.74 Å². The Kier molecular flexibility index (Phi) is 3.88. The van der Waals surface area contributed by atoms with Gasteiger partial charge in [-0.1, -0.05) is 0 Å². The smallest absolute Gasteiger partial charge is 0.272 e. The molecular formula is C15H20N4O2. The average molecular weight is 288 g/mol. The molecule has 1 amide bonds. The SMILES string of the molecule is CCN(CC1CCC(C)O1)C(=O)c1cc2[nH]ncc2cn1. The molecule has 6 nitrogen and oxygen atoms in total. The van der Waals surface area contributed by atoms with Crippen molar-refractivity contribution in [2.75, 3.05) is 13.1 Å². The van der Waals surface area contributed by atoms with Crippen LogP contribution in [-0.4, -0.2) is 51.3 Å². The fraction of sp³-hybridized carbons (Fsp3) is 0.533. The van der Waals surface area contributed by atoms with E-state index in [2.05, 4.69) is 22.1 Å². The van der Waals surface area contributed by atoms with Crippen LogP contribution in [0.5, 0.6) is 0 Å². The van der Waals surface area contributed by atoms with E-state index in [0.717, 1.165) is 23.7 Å². The number of likely N-dealkylation sites (N-methyl/N-ethyl adjacent to an activating group) is 1. The number of aromatic amines is 1. The molecule has 1 aliphatic heterocycles. The second-order valence-corrected chi connectivity index (χ2v) is 5.52. The molecule has 2 aromatic heterocycles. The largest absolute Gasteiger partial charge is 0.373 e. The Labute approximate surface area is 123 Å². The highest BCUT2D eigenvalue weighted by molar-refractivity contribution is 5.95. The zero-order valence-corrected chi connectivity index (χ0v) is 12.4. The van der Waals surface area contributed by atoms with Crippen molar-refractivity contribution in [1.82, 2.24) is 20.1 Å². The third kappa shape index (κ3) is 2.90. The van der Waals surface area contributed by atoms with Crippen molar-refractivity contribution in [2.24, 2.45) is 0 Å². The molecule has 6 heteroatoms. The third-order valence-corrected chi connectivity index (χ3v) is 3.96. The monoisotopic (exact) mass is 288 g/mol. The number of nitrogens with one attached hydrogen (secondary N) is 1. The number of hydrogen-bond acceptors (Lipinski definition) is 4. The number of ether oxygens (including phenoxy) is 1. The molecule has 1 N–H and O–H groups in total. The molecule has 1 saturated heterocycles. The van der Waals surface area contributed by atoms with Gasteiger partial charge in [0.05, 0.1) is 23.9 Å². The van der Waals surface area contributed by atoms with Crippen LogP contribution in [0.2, 0.25) is 0 Å². The van der Waals surface area contributed by atoms with Crippen LogP contribution in [0.15, 0.2) is 18.5 Å². The molecule has 0 spiro atoms. The summed E-state index contributed by atoms with van der Waals surface area (Å²) in [6.45, 7) is 5.33. The van der Waals surface area contributed by atoms with Crippen LogP contribution < -0.4 is 0 Å². The molecule has 112 valence electrons. The molecule has 0 bridgehead atoms. The molecule has 21 heavy (non-hydrogen) atoms. The zero-order valence-electron chi connectivity index (χ0n) is 12.4. The minimum absolute atomic E-state index is 0.0582. The van der Waals surface area contributed by atoms with Gasteiger partial charge in [0.25, 0.3) is 5.91 Å². The number of hydrogen-bond donors (Lipinski definition) is 1. The molecule has 0 radical (unpaired) electrons. The van der Waals surface area contributed by atoms with Gasteiger partial charge in [0.2, 0.25) is 0 Å². The van der Waals surface area contributed by atoms with Gasteiger partial charge in [-0.3, -0.25) is 14.9 Å². The number of fused-ring (bicyclic) bond motifs is 1. The lowest BCUT2D eigenvalue weighted by Crippen LogP contribution is -2.37. The molecule has 1 fully saturated rings. The highest BCUT2D eigenvalue weighted by Crippen LogP contribution is 2.20. The van der Waals surface area contributed by atoms with Crippen molar-refractivity contribution in [1.29, 1.82) is 0 Å². The number of carbonyl (C=O) groups is 1. The predicted octanol–water partition coefficient (Wildman–Crippen LogP) is 1.99. The molecule has 2 atom stereocenters. The molecule has 3 rings (SSSR count). The van der Waals surface area contributed by atoms with E-state index in [1.165, 1.54) is 0 Å². The number of amides is 1. The predicted molar refractivity (Wildman–Crippen MR) is 79.0 cm³/mol. The standard InChI is InChI=1S/C15H20N4O2/c1-3-19(9-12-5-4-10(2)21-12)15(20)14-6-13-11(7-16-14)8-17-18-13/h6-8,10,12H,3-5,9H2,1-2H3,(H,17,18). The van der Waals surface area contributed by atoms with Crippen molar-refractivity contribution in [2.45, 2.75) is 38.9 Å². The van der Waals surface area contributed by atoms with Gasteiger partial charge in [-0.2, -0.15) is 5.10 Å². The summed E-state index contributed by atoms with van der Waals surface area (Å²) in [7, 11) is 0. The van der Waals surface area contributed by atoms with Gasteiger partial charge in [-0.25, -0.2) is 0 Å². The maximum absolute atomic E-state index is 12.6. The molecule has 2 aromatic rings. The van der Waals surface area contributed by atoms with Crippen molar-refractivity contribution >= 4 is 16.8 Å². The topological polar surface area (TPSA) is 71.1 Å². The Morgan fingerprint density at radius 3 is 3.05 bits per heavy atom. The van der Waals surface area contributed by atoms with Gasteiger partial charge in [0.1, 0.15) is 5.69 Å². The number of nitrogens with zero attached hydrogens (tertiary/aromatic N) is 3. The van der Waals surface area contributed by atoms with Crippen LogP contribution in [0.4, 0.5) is 0 Å². The lowest BCUT2D eigenvalue weighted by molar-refractivity contribution is 0.0289. The molecular weight excluding hydrogens is 268 g/mol. The van der Waals surface area contributed by atoms with E-state index >= 15 is 0 Å². The van der Waals surface area contributed by atoms with E-state index in [9.17, 15) is 4.79 Å². The fourth-order valence-electron chi connectivity index (χ4n) is 2.74. The highest BCUT2D eigenvalue weighted by atomic mass is 16.5. The molecule has 2 unspecified atom stereocenters. The Hall–Kier alpha value is -1.95. The molecule has 3 heterocycles. The maximum Gasteiger partial charge on any atom is 0.272 e. The van der Waals surface area contributed by atoms with E-state index in [1.807, 2.05) is 6.92 Å². The average Bonchev–Trinajstić information content (AvgIpc) is 3.11. The van der Waals surface area contributed by atoms with Gasteiger partial charge in [0.15, 0.2) is 0 Å². The number of pyridine rings is 1. The summed E-state index contributed by atoms with van der Waals surface area (Å²) < 4.78 is 5.81. The maximum atomic E-state index is 12.6. The number of rotatable bonds is 4. The molecule has 0 aliphatic carbocycles. The summed E-state index contributed by atoms with van der Waals surface area (Å²) in [5, 5.41) is 7.72. The first-order chi connectivity index (χ1) is 10.2. The summed E-state index contributed by atoms with van der Waals surface area (Å²) in [6, 6.07) is 1.76. The summed E-state index contributed by atoms with van der Waals surface area (Å²) >= 11 is 0. The lowest BCUT2D eigenvalue weighted by Gasteiger charge is -2.24. The first-order valence-corrected chi connectivity index (χ1v) is 7.41. The van der Waals surface area contributed by atoms with E-state index in [0.29, 0.717) is 24.9 Å². The Morgan fingerprint density at radius 2 is 2.33 bits per heavy atom. The zero-order chi connectivity index (χ0) is 14.8. The van der Waals surface area contributed by atoms with Gasteiger partial charge < -0.3 is 9.64 Å². The van der Waals surface area contributed by atoms with Crippen LogP contribution in [0.3, 0.4) is 0 Å². The van der Waals surface area contributed by atoms with Crippen LogP contribution in [0, 0.1) is 0 Å². The van der Waals surface area contributed by atoms with Crippen LogP contribution in [0.1, 0.15) is 37.2 Å². The van der Waals surface area contributed by atoms with Crippen LogP contribution >= 0.6 is 0 Å². The van der Waals surface area contributed by atoms with Crippen molar-refractivity contribution < 1.29 is 9.53 Å². The fourth-order valence-corrected chi connectivity index (χ4v) is 2.74. The van der Waals surface area contributed by atoms with Gasteiger partial charge in [-0.05, 0) is 32.8 Å². The Bertz CT molecular complexity index is 639. The highest BCUT2D eigenvalue weighted by Gasteiger charge is 2.26. The second kappa shape index (κ2) is 5.81. The van der Waals surface area contributed by atoms with Crippen molar-refractivity contribution in [3.05, 3.63) is 24.2 Å². The summed E-state index contributed by atoms with van der Waals surface area (Å²) in [6.07, 6.45) is 5.88. The van der Waals surface area contributed by atoms with Crippen molar-refractivity contribution in [3.8, 4) is 0 Å². The van der Waals surface area contributed by atoms with Gasteiger partial charge >= 0.3 is 0 Å². The molecule has 1 aliphatic rings.